The second-order valence-corrected chi connectivity index (χ2v) is 7.37. The van der Waals surface area contributed by atoms with Crippen molar-refractivity contribution in [2.75, 3.05) is 11.1 Å². The van der Waals surface area contributed by atoms with E-state index in [0.717, 1.165) is 34.8 Å². The zero-order valence-electron chi connectivity index (χ0n) is 13.9. The maximum Gasteiger partial charge on any atom is 0.288 e. The van der Waals surface area contributed by atoms with Gasteiger partial charge in [-0.25, -0.2) is 4.98 Å². The predicted octanol–water partition coefficient (Wildman–Crippen LogP) is 4.47. The Morgan fingerprint density at radius 1 is 1.26 bits per heavy atom. The summed E-state index contributed by atoms with van der Waals surface area (Å²) < 4.78 is 2.13. The summed E-state index contributed by atoms with van der Waals surface area (Å²) in [5.41, 5.74) is 2.30. The van der Waals surface area contributed by atoms with Crippen molar-refractivity contribution in [1.29, 1.82) is 0 Å². The van der Waals surface area contributed by atoms with Gasteiger partial charge in [0.25, 0.3) is 11.6 Å². The summed E-state index contributed by atoms with van der Waals surface area (Å²) in [4.78, 5) is 27.3. The molecule has 1 aliphatic heterocycles. The van der Waals surface area contributed by atoms with Gasteiger partial charge < -0.3 is 9.88 Å². The Labute approximate surface area is 163 Å². The molecule has 0 saturated heterocycles. The highest BCUT2D eigenvalue weighted by molar-refractivity contribution is 7.99. The van der Waals surface area contributed by atoms with E-state index in [9.17, 15) is 14.9 Å². The maximum atomic E-state index is 12.4. The lowest BCUT2D eigenvalue weighted by Gasteiger charge is -2.06. The molecule has 2 aromatic carbocycles. The molecule has 4 rings (SSSR count). The Hall–Kier alpha value is -2.84. The largest absolute Gasteiger partial charge is 0.325 e. The van der Waals surface area contributed by atoms with Gasteiger partial charge in [-0.1, -0.05) is 35.5 Å². The number of nitrogens with zero attached hydrogens (tertiary/aromatic N) is 3. The van der Waals surface area contributed by atoms with Crippen LogP contribution in [0.2, 0.25) is 5.02 Å². The number of carbonyl (C=O) groups excluding carboxylic acids is 1. The first kappa shape index (κ1) is 17.6. The van der Waals surface area contributed by atoms with E-state index in [2.05, 4.69) is 14.9 Å². The van der Waals surface area contributed by atoms with Crippen LogP contribution in [0.3, 0.4) is 0 Å². The minimum absolute atomic E-state index is 0.00830. The number of benzene rings is 2. The quantitative estimate of drug-likeness (QED) is 0.515. The molecule has 0 fully saturated rings. The number of rotatable bonds is 4. The van der Waals surface area contributed by atoms with Crippen LogP contribution in [0.15, 0.2) is 53.8 Å². The molecule has 0 saturated carbocycles. The van der Waals surface area contributed by atoms with E-state index >= 15 is 0 Å². The number of fused-ring (bicyclic) bond motifs is 1. The Balaban J connectivity index is 1.50. The van der Waals surface area contributed by atoms with Crippen molar-refractivity contribution in [3.8, 4) is 11.3 Å². The zero-order valence-corrected chi connectivity index (χ0v) is 15.5. The van der Waals surface area contributed by atoms with Crippen LogP contribution in [-0.4, -0.2) is 26.1 Å². The van der Waals surface area contributed by atoms with Crippen molar-refractivity contribution in [2.24, 2.45) is 0 Å². The normalized spacial score (nSPS) is 12.6. The molecule has 0 radical (unpaired) electrons. The molecular formula is C18H13ClN4O3S. The van der Waals surface area contributed by atoms with Crippen LogP contribution in [0.5, 0.6) is 0 Å². The molecule has 0 unspecified atom stereocenters. The van der Waals surface area contributed by atoms with Crippen LogP contribution in [0.4, 0.5) is 11.4 Å². The molecule has 1 N–H and O–H groups in total. The highest BCUT2D eigenvalue weighted by Crippen LogP contribution is 2.30. The lowest BCUT2D eigenvalue weighted by atomic mass is 10.1. The summed E-state index contributed by atoms with van der Waals surface area (Å²) in [5.74, 6) is 0.607. The number of aryl methyl sites for hydroxylation is 1. The molecular weight excluding hydrogens is 388 g/mol. The minimum Gasteiger partial charge on any atom is -0.325 e. The number of hydrogen-bond donors (Lipinski definition) is 1. The first-order valence-corrected chi connectivity index (χ1v) is 9.43. The average molecular weight is 401 g/mol. The highest BCUT2D eigenvalue weighted by atomic mass is 35.5. The lowest BCUT2D eigenvalue weighted by molar-refractivity contribution is -0.384. The molecule has 0 aliphatic carbocycles. The van der Waals surface area contributed by atoms with E-state index in [4.69, 9.17) is 11.6 Å². The fraction of sp³-hybridized carbons (Fsp3) is 0.111. The van der Waals surface area contributed by atoms with Crippen molar-refractivity contribution < 1.29 is 9.72 Å². The predicted molar refractivity (Wildman–Crippen MR) is 104 cm³/mol. The lowest BCUT2D eigenvalue weighted by Crippen LogP contribution is -2.12. The van der Waals surface area contributed by atoms with Crippen LogP contribution < -0.4 is 5.32 Å². The Kier molecular flexibility index (Phi) is 4.59. The van der Waals surface area contributed by atoms with Gasteiger partial charge in [-0.3, -0.25) is 14.9 Å². The molecule has 2 heterocycles. The molecule has 9 heteroatoms. The van der Waals surface area contributed by atoms with Crippen molar-refractivity contribution in [2.45, 2.75) is 11.7 Å². The van der Waals surface area contributed by atoms with E-state index in [1.165, 1.54) is 12.1 Å². The monoisotopic (exact) mass is 400 g/mol. The van der Waals surface area contributed by atoms with Crippen molar-refractivity contribution in [3.05, 3.63) is 69.4 Å². The first-order chi connectivity index (χ1) is 13.0. The second-order valence-electron chi connectivity index (χ2n) is 5.91. The number of nitro benzene ring substituents is 1. The summed E-state index contributed by atoms with van der Waals surface area (Å²) in [6.45, 7) is 0.967. The molecule has 27 heavy (non-hydrogen) atoms. The van der Waals surface area contributed by atoms with Crippen LogP contribution in [0, 0.1) is 10.1 Å². The third kappa shape index (κ3) is 3.54. The van der Waals surface area contributed by atoms with Gasteiger partial charge in [-0.05, 0) is 24.3 Å². The average Bonchev–Trinajstić information content (AvgIpc) is 3.24. The number of aromatic nitrogens is 2. The fourth-order valence-corrected chi connectivity index (χ4v) is 3.90. The van der Waals surface area contributed by atoms with E-state index in [0.29, 0.717) is 5.69 Å². The Morgan fingerprint density at radius 2 is 2.04 bits per heavy atom. The first-order valence-electron chi connectivity index (χ1n) is 8.07. The number of amides is 1. The van der Waals surface area contributed by atoms with Crippen LogP contribution >= 0.6 is 23.4 Å². The molecule has 1 amide bonds. The third-order valence-corrected chi connectivity index (χ3v) is 5.44. The number of hydrogen-bond acceptors (Lipinski definition) is 5. The van der Waals surface area contributed by atoms with Crippen LogP contribution in [0.1, 0.15) is 10.4 Å². The fourth-order valence-electron chi connectivity index (χ4n) is 2.77. The van der Waals surface area contributed by atoms with Crippen molar-refractivity contribution >= 4 is 40.6 Å². The summed E-state index contributed by atoms with van der Waals surface area (Å²) in [7, 11) is 0. The van der Waals surface area contributed by atoms with Crippen LogP contribution in [0.25, 0.3) is 11.3 Å². The molecule has 7 nitrogen and oxygen atoms in total. The van der Waals surface area contributed by atoms with Crippen molar-refractivity contribution in [1.82, 2.24) is 9.55 Å². The molecule has 0 bridgehead atoms. The SMILES string of the molecule is O=C(Nc1ccc(-c2cn3c(n2)SCC3)cc1)c1ccc(Cl)c([N+](=O)[O-])c1. The number of carbonyl (C=O) groups is 1. The summed E-state index contributed by atoms with van der Waals surface area (Å²) in [6.07, 6.45) is 2.02. The van der Waals surface area contributed by atoms with Gasteiger partial charge in [0.1, 0.15) is 5.02 Å². The van der Waals surface area contributed by atoms with Gasteiger partial charge in [-0.2, -0.15) is 0 Å². The van der Waals surface area contributed by atoms with Crippen molar-refractivity contribution in [3.63, 3.8) is 0 Å². The molecule has 3 aromatic rings. The smallest absolute Gasteiger partial charge is 0.288 e. The minimum atomic E-state index is -0.617. The molecule has 0 atom stereocenters. The molecule has 0 spiro atoms. The standard InChI is InChI=1S/C18H13ClN4O3S/c19-14-6-3-12(9-16(14)23(25)26)17(24)20-13-4-1-11(2-5-13)15-10-22-7-8-27-18(22)21-15/h1-6,9-10H,7-8H2,(H,20,24). The number of nitro groups is 1. The number of anilines is 1. The van der Waals surface area contributed by atoms with E-state index in [1.54, 1.807) is 23.9 Å². The summed E-state index contributed by atoms with van der Waals surface area (Å²) in [6, 6.07) is 11.3. The van der Waals surface area contributed by atoms with Gasteiger partial charge >= 0.3 is 0 Å². The van der Waals surface area contributed by atoms with Gasteiger partial charge in [-0.15, -0.1) is 0 Å². The number of halogens is 1. The molecule has 136 valence electrons. The van der Waals surface area contributed by atoms with Crippen LogP contribution in [-0.2, 0) is 6.54 Å². The topological polar surface area (TPSA) is 90.1 Å². The van der Waals surface area contributed by atoms with E-state index in [-0.39, 0.29) is 16.3 Å². The second kappa shape index (κ2) is 7.05. The van der Waals surface area contributed by atoms with E-state index < -0.39 is 10.8 Å². The highest BCUT2D eigenvalue weighted by Gasteiger charge is 2.17. The third-order valence-electron chi connectivity index (χ3n) is 4.15. The van der Waals surface area contributed by atoms with E-state index in [1.807, 2.05) is 18.3 Å². The number of thioether (sulfide) groups is 1. The van der Waals surface area contributed by atoms with Gasteiger partial charge in [0.05, 0.1) is 10.6 Å². The maximum absolute atomic E-state index is 12.4. The number of nitrogens with one attached hydrogen (secondary N) is 1. The number of imidazole rings is 1. The van der Waals surface area contributed by atoms with Gasteiger partial charge in [0, 0.05) is 41.4 Å². The van der Waals surface area contributed by atoms with Gasteiger partial charge in [0.2, 0.25) is 0 Å². The Bertz CT molecular complexity index is 1030. The molecule has 1 aromatic heterocycles. The summed E-state index contributed by atoms with van der Waals surface area (Å²) >= 11 is 7.51. The Morgan fingerprint density at radius 3 is 2.74 bits per heavy atom. The van der Waals surface area contributed by atoms with Gasteiger partial charge in [0.15, 0.2) is 5.16 Å². The molecule has 1 aliphatic rings. The zero-order chi connectivity index (χ0) is 19.0. The summed E-state index contributed by atoms with van der Waals surface area (Å²) in [5, 5.41) is 14.7.